The van der Waals surface area contributed by atoms with E-state index in [1.54, 1.807) is 17.1 Å². The average molecular weight is 724 g/mol. The van der Waals surface area contributed by atoms with E-state index in [1.165, 1.54) is 6.07 Å². The maximum atomic E-state index is 13.9. The van der Waals surface area contributed by atoms with Gasteiger partial charge in [0.1, 0.15) is 5.54 Å². The second-order valence-corrected chi connectivity index (χ2v) is 17.5. The van der Waals surface area contributed by atoms with Crippen LogP contribution in [0.1, 0.15) is 39.2 Å². The van der Waals surface area contributed by atoms with E-state index >= 15 is 0 Å². The van der Waals surface area contributed by atoms with Gasteiger partial charge in [0.2, 0.25) is 0 Å². The summed E-state index contributed by atoms with van der Waals surface area (Å²) in [5.74, 6) is -0.411. The van der Waals surface area contributed by atoms with Crippen LogP contribution in [-0.4, -0.2) is 30.1 Å². The van der Waals surface area contributed by atoms with Gasteiger partial charge in [-0.2, -0.15) is 18.3 Å². The molecule has 1 heterocycles. The maximum Gasteiger partial charge on any atom is 0.416 e. The number of hydrogen-bond acceptors (Lipinski definition) is 3. The van der Waals surface area contributed by atoms with Crippen LogP contribution in [0.5, 0.6) is 0 Å². The van der Waals surface area contributed by atoms with Crippen molar-refractivity contribution in [2.45, 2.75) is 56.5 Å². The van der Waals surface area contributed by atoms with Crippen molar-refractivity contribution in [1.29, 1.82) is 0 Å². The van der Waals surface area contributed by atoms with Crippen molar-refractivity contribution in [1.82, 2.24) is 9.78 Å². The molecule has 5 rings (SSSR count). The molecule has 220 valence electrons. The zero-order valence-corrected chi connectivity index (χ0v) is 27.2. The van der Waals surface area contributed by atoms with Crippen LogP contribution in [0, 0.1) is 3.57 Å². The lowest BCUT2D eigenvalue weighted by atomic mass is 9.73. The van der Waals surface area contributed by atoms with Gasteiger partial charge in [0.05, 0.1) is 32.1 Å². The molecule has 1 fully saturated rings. The number of carbonyl (C=O) groups is 1. The van der Waals surface area contributed by atoms with Crippen LogP contribution in [0.4, 0.5) is 18.9 Å². The highest BCUT2D eigenvalue weighted by atomic mass is 127. The molecule has 0 aliphatic heterocycles. The number of benzene rings is 3. The molecule has 0 bridgehead atoms. The van der Waals surface area contributed by atoms with E-state index in [0.717, 1.165) is 26.1 Å². The number of anilines is 1. The molecular formula is C31H30ClF3IN3O2Si. The first-order chi connectivity index (χ1) is 19.8. The van der Waals surface area contributed by atoms with Gasteiger partial charge in [-0.1, -0.05) is 93.0 Å². The molecule has 3 aromatic carbocycles. The Hall–Kier alpha value is -2.67. The summed E-state index contributed by atoms with van der Waals surface area (Å²) in [5, 5.41) is 9.06. The number of halogens is 5. The van der Waals surface area contributed by atoms with Crippen molar-refractivity contribution in [3.63, 3.8) is 0 Å². The topological polar surface area (TPSA) is 56.1 Å². The molecule has 1 amide bonds. The van der Waals surface area contributed by atoms with Gasteiger partial charge >= 0.3 is 6.18 Å². The number of amides is 1. The minimum atomic E-state index is -4.54. The highest BCUT2D eigenvalue weighted by molar-refractivity contribution is 14.1. The number of rotatable bonds is 7. The van der Waals surface area contributed by atoms with Crippen LogP contribution in [-0.2, 0) is 20.9 Å². The van der Waals surface area contributed by atoms with Gasteiger partial charge in [-0.05, 0) is 56.2 Å². The number of nitrogens with zero attached hydrogens (tertiary/aromatic N) is 2. The molecule has 42 heavy (non-hydrogen) atoms. The minimum Gasteiger partial charge on any atom is -0.404 e. The molecule has 0 spiro atoms. The third kappa shape index (κ3) is 5.66. The standard InChI is InChI=1S/C31H30ClF3IN3O2Si/c1-29(2,3)42(24-10-6-4-7-11-24,25-12-8-5-9-13-25)41-23-17-30(18-23,39-20-22(36)19-37-39)28(40)38-27-15-14-21(16-26(27)32)31(33,34)35/h4-16,19-20,23H,17-18H2,1-3H3,(H,38,40). The Morgan fingerprint density at radius 3 is 2.05 bits per heavy atom. The van der Waals surface area contributed by atoms with Gasteiger partial charge in [-0.3, -0.25) is 9.48 Å². The van der Waals surface area contributed by atoms with E-state index < -0.39 is 31.5 Å². The Kier molecular flexibility index (Phi) is 8.38. The zero-order chi connectivity index (χ0) is 30.3. The van der Waals surface area contributed by atoms with Gasteiger partial charge in [-0.25, -0.2) is 0 Å². The lowest BCUT2D eigenvalue weighted by Crippen LogP contribution is -2.70. The van der Waals surface area contributed by atoms with Crippen molar-refractivity contribution < 1.29 is 22.4 Å². The van der Waals surface area contributed by atoms with E-state index in [4.69, 9.17) is 16.0 Å². The van der Waals surface area contributed by atoms with Crippen molar-refractivity contribution in [2.75, 3.05) is 5.32 Å². The van der Waals surface area contributed by atoms with Crippen molar-refractivity contribution in [3.8, 4) is 0 Å². The first kappa shape index (κ1) is 30.8. The summed E-state index contributed by atoms with van der Waals surface area (Å²) in [6.45, 7) is 6.58. The minimum absolute atomic E-state index is 0.104. The molecule has 1 N–H and O–H groups in total. The van der Waals surface area contributed by atoms with Crippen LogP contribution < -0.4 is 15.7 Å². The van der Waals surface area contributed by atoms with Crippen LogP contribution in [0.25, 0.3) is 0 Å². The van der Waals surface area contributed by atoms with E-state index in [1.807, 2.05) is 36.4 Å². The molecule has 0 atom stereocenters. The fourth-order valence-electron chi connectivity index (χ4n) is 5.76. The predicted octanol–water partition coefficient (Wildman–Crippen LogP) is 7.23. The van der Waals surface area contributed by atoms with E-state index in [0.29, 0.717) is 12.8 Å². The van der Waals surface area contributed by atoms with Crippen LogP contribution in [0.2, 0.25) is 10.1 Å². The van der Waals surface area contributed by atoms with Gasteiger partial charge in [-0.15, -0.1) is 0 Å². The first-order valence-electron chi connectivity index (χ1n) is 13.4. The molecule has 11 heteroatoms. The highest BCUT2D eigenvalue weighted by Crippen LogP contribution is 2.47. The SMILES string of the molecule is CC(C)(C)[Si](OC1CC(C(=O)Nc2ccc(C(F)(F)F)cc2Cl)(n2cc(I)cn2)C1)(c1ccccc1)c1ccccc1. The van der Waals surface area contributed by atoms with Crippen molar-refractivity contribution >= 4 is 64.5 Å². The third-order valence-corrected chi connectivity index (χ3v) is 13.8. The summed E-state index contributed by atoms with van der Waals surface area (Å²) >= 11 is 8.32. The zero-order valence-electron chi connectivity index (χ0n) is 23.3. The van der Waals surface area contributed by atoms with Crippen LogP contribution >= 0.6 is 34.2 Å². The first-order valence-corrected chi connectivity index (χ1v) is 16.8. The molecule has 1 aliphatic rings. The number of hydrogen-bond donors (Lipinski definition) is 1. The van der Waals surface area contributed by atoms with E-state index in [-0.39, 0.29) is 21.9 Å². The van der Waals surface area contributed by atoms with Crippen molar-refractivity contribution in [2.24, 2.45) is 0 Å². The van der Waals surface area contributed by atoms with E-state index in [9.17, 15) is 18.0 Å². The molecule has 0 radical (unpaired) electrons. The van der Waals surface area contributed by atoms with Gasteiger partial charge in [0.15, 0.2) is 0 Å². The Bertz CT molecular complexity index is 1530. The number of carbonyl (C=O) groups excluding carboxylic acids is 1. The highest BCUT2D eigenvalue weighted by Gasteiger charge is 2.58. The lowest BCUT2D eigenvalue weighted by Gasteiger charge is -2.52. The maximum absolute atomic E-state index is 13.9. The average Bonchev–Trinajstić information content (AvgIpc) is 3.35. The van der Waals surface area contributed by atoms with Crippen LogP contribution in [0.15, 0.2) is 91.3 Å². The Morgan fingerprint density at radius 1 is 1.02 bits per heavy atom. The molecule has 1 aliphatic carbocycles. The lowest BCUT2D eigenvalue weighted by molar-refractivity contribution is -0.137. The summed E-state index contributed by atoms with van der Waals surface area (Å²) in [4.78, 5) is 13.9. The van der Waals surface area contributed by atoms with Crippen LogP contribution in [0.3, 0.4) is 0 Å². The smallest absolute Gasteiger partial charge is 0.404 e. The van der Waals surface area contributed by atoms with Gasteiger partial charge in [0.25, 0.3) is 14.2 Å². The Morgan fingerprint density at radius 2 is 1.60 bits per heavy atom. The molecule has 1 aromatic heterocycles. The summed E-state index contributed by atoms with van der Waals surface area (Å²) < 4.78 is 49.3. The molecule has 0 unspecified atom stereocenters. The second-order valence-electron chi connectivity index (χ2n) is 11.6. The largest absolute Gasteiger partial charge is 0.416 e. The molecule has 1 saturated carbocycles. The van der Waals surface area contributed by atoms with Gasteiger partial charge < -0.3 is 9.74 Å². The predicted molar refractivity (Wildman–Crippen MR) is 170 cm³/mol. The van der Waals surface area contributed by atoms with E-state index in [2.05, 4.69) is 78.0 Å². The molecule has 0 saturated heterocycles. The summed E-state index contributed by atoms with van der Waals surface area (Å²) in [6.07, 6.45) is -0.700. The Labute approximate surface area is 262 Å². The normalized spacial score (nSPS) is 19.3. The second kappa shape index (κ2) is 11.4. The third-order valence-electron chi connectivity index (χ3n) is 7.85. The quantitative estimate of drug-likeness (QED) is 0.162. The van der Waals surface area contributed by atoms with Crippen molar-refractivity contribution in [3.05, 3.63) is 105 Å². The monoisotopic (exact) mass is 723 g/mol. The fraction of sp³-hybridized carbons (Fsp3) is 0.290. The summed E-state index contributed by atoms with van der Waals surface area (Å²) in [5.41, 5.74) is -1.89. The molecule has 4 aromatic rings. The van der Waals surface area contributed by atoms with Gasteiger partial charge in [0, 0.05) is 19.0 Å². The fourth-order valence-corrected chi connectivity index (χ4v) is 11.1. The number of alkyl halides is 3. The molecule has 5 nitrogen and oxygen atoms in total. The Balaban J connectivity index is 1.49. The number of aromatic nitrogens is 2. The number of nitrogens with one attached hydrogen (secondary N) is 1. The summed E-state index contributed by atoms with van der Waals surface area (Å²) in [6, 6.07) is 23.4. The molecular weight excluding hydrogens is 694 g/mol. The summed E-state index contributed by atoms with van der Waals surface area (Å²) in [7, 11) is -2.87.